The molecule has 0 atom stereocenters. The quantitative estimate of drug-likeness (QED) is 0.589. The van der Waals surface area contributed by atoms with Gasteiger partial charge >= 0.3 is 6.09 Å². The number of hydrogen-bond acceptors (Lipinski definition) is 4. The van der Waals surface area contributed by atoms with Gasteiger partial charge in [0.05, 0.1) is 6.10 Å². The van der Waals surface area contributed by atoms with Gasteiger partial charge in [0, 0.05) is 25.3 Å². The molecule has 0 aliphatic carbocycles. The van der Waals surface area contributed by atoms with Crippen LogP contribution in [0.2, 0.25) is 0 Å². The standard InChI is InChI=1S/C21H34N4O3/c1-15(2)27-18-8-6-17(7-9-18)24-19(22)23-14-16-10-12-25(13-11-16)20(26)28-21(3,4)5/h6-9,15-16H,10-14H2,1-5H3,(H3,22,23,24). The van der Waals surface area contributed by atoms with Crippen LogP contribution in [0.25, 0.3) is 0 Å². The minimum Gasteiger partial charge on any atom is -0.491 e. The molecule has 2 rings (SSSR count). The summed E-state index contributed by atoms with van der Waals surface area (Å²) in [5, 5.41) is 3.10. The highest BCUT2D eigenvalue weighted by Crippen LogP contribution is 2.20. The molecule has 0 aromatic heterocycles. The number of rotatable bonds is 5. The number of anilines is 1. The highest BCUT2D eigenvalue weighted by atomic mass is 16.6. The molecule has 28 heavy (non-hydrogen) atoms. The van der Waals surface area contributed by atoms with E-state index >= 15 is 0 Å². The van der Waals surface area contributed by atoms with Gasteiger partial charge in [0.15, 0.2) is 5.96 Å². The van der Waals surface area contributed by atoms with Crippen LogP contribution in [-0.2, 0) is 4.74 Å². The van der Waals surface area contributed by atoms with Crippen LogP contribution in [0.4, 0.5) is 10.5 Å². The van der Waals surface area contributed by atoms with E-state index in [2.05, 4.69) is 10.3 Å². The fourth-order valence-electron chi connectivity index (χ4n) is 2.93. The van der Waals surface area contributed by atoms with Gasteiger partial charge in [-0.2, -0.15) is 0 Å². The van der Waals surface area contributed by atoms with E-state index in [-0.39, 0.29) is 12.2 Å². The van der Waals surface area contributed by atoms with Crippen molar-refractivity contribution < 1.29 is 14.3 Å². The number of likely N-dealkylation sites (tertiary alicyclic amines) is 1. The number of carbonyl (C=O) groups is 1. The third-order valence-corrected chi connectivity index (χ3v) is 4.28. The lowest BCUT2D eigenvalue weighted by atomic mass is 9.97. The van der Waals surface area contributed by atoms with Crippen LogP contribution in [0.15, 0.2) is 29.3 Å². The number of carbonyl (C=O) groups excluding carboxylic acids is 1. The van der Waals surface area contributed by atoms with Gasteiger partial charge < -0.3 is 25.4 Å². The summed E-state index contributed by atoms with van der Waals surface area (Å²) in [6.45, 7) is 11.7. The smallest absolute Gasteiger partial charge is 0.410 e. The molecule has 1 saturated heterocycles. The molecule has 1 aromatic rings. The van der Waals surface area contributed by atoms with Gasteiger partial charge in [-0.15, -0.1) is 0 Å². The Bertz CT molecular complexity index is 657. The maximum Gasteiger partial charge on any atom is 0.410 e. The van der Waals surface area contributed by atoms with Crippen molar-refractivity contribution in [3.63, 3.8) is 0 Å². The van der Waals surface area contributed by atoms with Crippen LogP contribution in [0.5, 0.6) is 5.75 Å². The Morgan fingerprint density at radius 2 is 1.86 bits per heavy atom. The first-order valence-corrected chi connectivity index (χ1v) is 9.94. The van der Waals surface area contributed by atoms with E-state index in [0.29, 0.717) is 31.5 Å². The summed E-state index contributed by atoms with van der Waals surface area (Å²) in [5.74, 6) is 1.64. The average molecular weight is 391 g/mol. The number of nitrogens with two attached hydrogens (primary N) is 1. The van der Waals surface area contributed by atoms with Gasteiger partial charge in [0.1, 0.15) is 11.4 Å². The predicted octanol–water partition coefficient (Wildman–Crippen LogP) is 3.85. The van der Waals surface area contributed by atoms with Crippen LogP contribution in [0.1, 0.15) is 47.5 Å². The number of guanidine groups is 1. The molecule has 1 aromatic carbocycles. The molecule has 0 unspecified atom stereocenters. The maximum absolute atomic E-state index is 12.1. The Labute approximate surface area is 168 Å². The minimum absolute atomic E-state index is 0.146. The zero-order valence-corrected chi connectivity index (χ0v) is 17.7. The Hall–Kier alpha value is -2.44. The molecule has 0 saturated carbocycles. The van der Waals surface area contributed by atoms with Crippen molar-refractivity contribution in [2.75, 3.05) is 25.0 Å². The highest BCUT2D eigenvalue weighted by Gasteiger charge is 2.26. The number of nitrogens with one attached hydrogen (secondary N) is 1. The lowest BCUT2D eigenvalue weighted by molar-refractivity contribution is 0.0187. The minimum atomic E-state index is -0.461. The number of amides is 1. The SMILES string of the molecule is CC(C)Oc1ccc(NC(N)=NCC2CCN(C(=O)OC(C)(C)C)CC2)cc1. The van der Waals surface area contributed by atoms with E-state index in [4.69, 9.17) is 15.2 Å². The molecule has 1 heterocycles. The molecular formula is C21H34N4O3. The third kappa shape index (κ3) is 7.66. The fraction of sp³-hybridized carbons (Fsp3) is 0.619. The molecule has 7 nitrogen and oxygen atoms in total. The normalized spacial score (nSPS) is 16.2. The lowest BCUT2D eigenvalue weighted by Crippen LogP contribution is -2.42. The van der Waals surface area contributed by atoms with E-state index in [0.717, 1.165) is 24.3 Å². The number of piperidine rings is 1. The maximum atomic E-state index is 12.1. The summed E-state index contributed by atoms with van der Waals surface area (Å²) < 4.78 is 11.1. The van der Waals surface area contributed by atoms with Crippen molar-refractivity contribution in [2.45, 2.75) is 59.2 Å². The molecule has 1 fully saturated rings. The highest BCUT2D eigenvalue weighted by molar-refractivity contribution is 5.92. The van der Waals surface area contributed by atoms with Gasteiger partial charge in [-0.3, -0.25) is 4.99 Å². The van der Waals surface area contributed by atoms with Crippen LogP contribution in [0, 0.1) is 5.92 Å². The summed E-state index contributed by atoms with van der Waals surface area (Å²) in [7, 11) is 0. The second kappa shape index (κ2) is 9.66. The summed E-state index contributed by atoms with van der Waals surface area (Å²) in [6.07, 6.45) is 1.71. The topological polar surface area (TPSA) is 89.2 Å². The lowest BCUT2D eigenvalue weighted by Gasteiger charge is -2.33. The molecule has 1 amide bonds. The summed E-state index contributed by atoms with van der Waals surface area (Å²) in [5.41, 5.74) is 6.42. The first-order valence-electron chi connectivity index (χ1n) is 9.94. The van der Waals surface area contributed by atoms with Crippen molar-refractivity contribution in [1.29, 1.82) is 0 Å². The molecule has 3 N–H and O–H groups in total. The molecule has 1 aliphatic heterocycles. The Balaban J connectivity index is 1.76. The largest absolute Gasteiger partial charge is 0.491 e. The van der Waals surface area contributed by atoms with Crippen molar-refractivity contribution >= 4 is 17.7 Å². The fourth-order valence-corrected chi connectivity index (χ4v) is 2.93. The monoisotopic (exact) mass is 390 g/mol. The number of aliphatic imine (C=N–C) groups is 1. The second-order valence-corrected chi connectivity index (χ2v) is 8.45. The van der Waals surface area contributed by atoms with Gasteiger partial charge in [-0.1, -0.05) is 0 Å². The van der Waals surface area contributed by atoms with E-state index < -0.39 is 5.60 Å². The van der Waals surface area contributed by atoms with Crippen molar-refractivity contribution in [3.8, 4) is 5.75 Å². The summed E-state index contributed by atoms with van der Waals surface area (Å²) in [4.78, 5) is 18.3. The molecular weight excluding hydrogens is 356 g/mol. The molecule has 1 aliphatic rings. The average Bonchev–Trinajstić information content (AvgIpc) is 2.60. The summed E-state index contributed by atoms with van der Waals surface area (Å²) in [6, 6.07) is 7.64. The van der Waals surface area contributed by atoms with Crippen molar-refractivity contribution in [1.82, 2.24) is 4.90 Å². The Morgan fingerprint density at radius 1 is 1.25 bits per heavy atom. The Kier molecular flexibility index (Phi) is 7.54. The van der Waals surface area contributed by atoms with E-state index in [1.807, 2.05) is 58.9 Å². The third-order valence-electron chi connectivity index (χ3n) is 4.28. The number of ether oxygens (including phenoxy) is 2. The van der Waals surface area contributed by atoms with Crippen LogP contribution >= 0.6 is 0 Å². The second-order valence-electron chi connectivity index (χ2n) is 8.45. The van der Waals surface area contributed by atoms with E-state index in [1.165, 1.54) is 0 Å². The van der Waals surface area contributed by atoms with E-state index in [1.54, 1.807) is 4.90 Å². The van der Waals surface area contributed by atoms with Gasteiger partial charge in [-0.05, 0) is 77.6 Å². The van der Waals surface area contributed by atoms with Crippen LogP contribution in [0.3, 0.4) is 0 Å². The number of nitrogens with zero attached hydrogens (tertiary/aromatic N) is 2. The van der Waals surface area contributed by atoms with Crippen molar-refractivity contribution in [3.05, 3.63) is 24.3 Å². The van der Waals surface area contributed by atoms with Crippen molar-refractivity contribution in [2.24, 2.45) is 16.6 Å². The van der Waals surface area contributed by atoms with Crippen LogP contribution in [-0.4, -0.2) is 48.3 Å². The van der Waals surface area contributed by atoms with E-state index in [9.17, 15) is 4.79 Å². The zero-order valence-electron chi connectivity index (χ0n) is 17.7. The number of hydrogen-bond donors (Lipinski definition) is 2. The Morgan fingerprint density at radius 3 is 2.39 bits per heavy atom. The first-order chi connectivity index (χ1) is 13.1. The molecule has 156 valence electrons. The van der Waals surface area contributed by atoms with Gasteiger partial charge in [0.2, 0.25) is 0 Å². The van der Waals surface area contributed by atoms with Gasteiger partial charge in [0.25, 0.3) is 0 Å². The predicted molar refractivity (Wildman–Crippen MR) is 113 cm³/mol. The summed E-state index contributed by atoms with van der Waals surface area (Å²) >= 11 is 0. The van der Waals surface area contributed by atoms with Gasteiger partial charge in [-0.25, -0.2) is 4.79 Å². The molecule has 0 radical (unpaired) electrons. The number of benzene rings is 1. The molecule has 0 spiro atoms. The first kappa shape index (κ1) is 21.9. The zero-order chi connectivity index (χ0) is 20.7. The van der Waals surface area contributed by atoms with Crippen LogP contribution < -0.4 is 15.8 Å². The molecule has 7 heteroatoms. The molecule has 0 bridgehead atoms.